The number of aliphatic hydroxyl groups excluding tert-OH is 2. The summed E-state index contributed by atoms with van der Waals surface area (Å²) in [4.78, 5) is 13.9. The summed E-state index contributed by atoms with van der Waals surface area (Å²) in [6.45, 7) is 0. The van der Waals surface area contributed by atoms with Gasteiger partial charge >= 0.3 is 0 Å². The number of benzene rings is 1. The molecule has 3 atom stereocenters. The molecule has 1 amide bonds. The van der Waals surface area contributed by atoms with Crippen LogP contribution in [0.3, 0.4) is 0 Å². The minimum Gasteiger partial charge on any atom is -0.390 e. The highest BCUT2D eigenvalue weighted by atomic mass is 19.1. The molecule has 0 aliphatic heterocycles. The molecule has 0 unspecified atom stereocenters. The van der Waals surface area contributed by atoms with Gasteiger partial charge in [-0.15, -0.1) is 0 Å². The molecule has 6 nitrogen and oxygen atoms in total. The zero-order valence-electron chi connectivity index (χ0n) is 13.2. The zero-order chi connectivity index (χ0) is 17.3. The topological polar surface area (TPSA) is 86.8 Å². The van der Waals surface area contributed by atoms with Crippen molar-refractivity contribution in [3.63, 3.8) is 0 Å². The molecule has 128 valence electrons. The molecule has 1 aliphatic rings. The van der Waals surface area contributed by atoms with Gasteiger partial charge in [-0.05, 0) is 31.4 Å². The van der Waals surface area contributed by atoms with Crippen LogP contribution in [0.5, 0.6) is 0 Å². The Balaban J connectivity index is 1.80. The maximum absolute atomic E-state index is 13.8. The first-order valence-corrected chi connectivity index (χ1v) is 7.84. The average Bonchev–Trinajstić information content (AvgIpc) is 3.06. The Morgan fingerprint density at radius 2 is 2.08 bits per heavy atom. The molecule has 0 bridgehead atoms. The quantitative estimate of drug-likeness (QED) is 0.894. The molecule has 1 aliphatic carbocycles. The SMILES string of the molecule is CN(C(=O)c1cc(-c2ccccc2F)no1)[C@@H]1CCC[C@@H](O)[C@@H]1O. The van der Waals surface area contributed by atoms with E-state index in [4.69, 9.17) is 4.52 Å². The van der Waals surface area contributed by atoms with E-state index in [2.05, 4.69) is 5.16 Å². The Bertz CT molecular complexity index is 733. The van der Waals surface area contributed by atoms with Crippen LogP contribution < -0.4 is 0 Å². The number of hydrogen-bond acceptors (Lipinski definition) is 5. The highest BCUT2D eigenvalue weighted by molar-refractivity contribution is 5.92. The van der Waals surface area contributed by atoms with Crippen molar-refractivity contribution in [2.45, 2.75) is 37.5 Å². The summed E-state index contributed by atoms with van der Waals surface area (Å²) in [7, 11) is 1.54. The molecule has 0 spiro atoms. The van der Waals surface area contributed by atoms with E-state index in [9.17, 15) is 19.4 Å². The van der Waals surface area contributed by atoms with Gasteiger partial charge in [0.1, 0.15) is 17.6 Å². The number of likely N-dealkylation sites (N-methyl/N-ethyl adjacent to an activating group) is 1. The van der Waals surface area contributed by atoms with Crippen LogP contribution in [0.2, 0.25) is 0 Å². The Morgan fingerprint density at radius 3 is 2.83 bits per heavy atom. The normalized spacial score (nSPS) is 23.9. The molecule has 7 heteroatoms. The van der Waals surface area contributed by atoms with Crippen molar-refractivity contribution in [2.75, 3.05) is 7.05 Å². The fourth-order valence-electron chi connectivity index (χ4n) is 3.05. The van der Waals surface area contributed by atoms with Crippen molar-refractivity contribution in [1.29, 1.82) is 0 Å². The van der Waals surface area contributed by atoms with E-state index in [0.717, 1.165) is 6.42 Å². The highest BCUT2D eigenvalue weighted by Crippen LogP contribution is 2.26. The largest absolute Gasteiger partial charge is 0.390 e. The maximum Gasteiger partial charge on any atom is 0.292 e. The molecule has 2 N–H and O–H groups in total. The Labute approximate surface area is 138 Å². The molecule has 1 aromatic carbocycles. The van der Waals surface area contributed by atoms with Gasteiger partial charge in [0, 0.05) is 18.7 Å². The molecule has 0 saturated heterocycles. The second-order valence-electron chi connectivity index (χ2n) is 6.03. The second kappa shape index (κ2) is 6.70. The predicted octanol–water partition coefficient (Wildman–Crippen LogP) is 1.83. The molecule has 1 aromatic heterocycles. The summed E-state index contributed by atoms with van der Waals surface area (Å²) < 4.78 is 18.8. The lowest BCUT2D eigenvalue weighted by Crippen LogP contribution is -2.51. The standard InChI is InChI=1S/C17H19FN2O4/c1-20(13-7-4-8-14(21)16(13)22)17(23)15-9-12(19-24-15)10-5-2-3-6-11(10)18/h2-3,5-6,9,13-14,16,21-22H,4,7-8H2,1H3/t13-,14-,16-/m1/s1. The fourth-order valence-corrected chi connectivity index (χ4v) is 3.05. The zero-order valence-corrected chi connectivity index (χ0v) is 13.2. The van der Waals surface area contributed by atoms with Crippen molar-refractivity contribution in [2.24, 2.45) is 0 Å². The van der Waals surface area contributed by atoms with Crippen molar-refractivity contribution >= 4 is 5.91 Å². The average molecular weight is 334 g/mol. The van der Waals surface area contributed by atoms with Crippen LogP contribution in [-0.4, -0.2) is 51.5 Å². The van der Waals surface area contributed by atoms with Crippen LogP contribution in [-0.2, 0) is 0 Å². The molecule has 24 heavy (non-hydrogen) atoms. The van der Waals surface area contributed by atoms with Crippen LogP contribution >= 0.6 is 0 Å². The third-order valence-electron chi connectivity index (χ3n) is 4.48. The van der Waals surface area contributed by atoms with E-state index >= 15 is 0 Å². The van der Waals surface area contributed by atoms with E-state index in [1.807, 2.05) is 0 Å². The Kier molecular flexibility index (Phi) is 4.64. The van der Waals surface area contributed by atoms with Gasteiger partial charge < -0.3 is 19.6 Å². The Hall–Kier alpha value is -2.25. The minimum atomic E-state index is -0.998. The summed E-state index contributed by atoms with van der Waals surface area (Å²) in [5.41, 5.74) is 0.477. The third-order valence-corrected chi connectivity index (χ3v) is 4.48. The van der Waals surface area contributed by atoms with Gasteiger partial charge in [-0.1, -0.05) is 17.3 Å². The van der Waals surface area contributed by atoms with Crippen LogP contribution in [0.1, 0.15) is 29.8 Å². The van der Waals surface area contributed by atoms with E-state index < -0.39 is 30.0 Å². The molecule has 1 heterocycles. The number of aromatic nitrogens is 1. The number of carbonyl (C=O) groups excluding carboxylic acids is 1. The van der Waals surface area contributed by atoms with E-state index in [1.54, 1.807) is 25.2 Å². The van der Waals surface area contributed by atoms with Crippen molar-refractivity contribution in [3.8, 4) is 11.3 Å². The van der Waals surface area contributed by atoms with Crippen LogP contribution in [0.25, 0.3) is 11.3 Å². The number of amides is 1. The first-order chi connectivity index (χ1) is 11.5. The molecular formula is C17H19FN2O4. The van der Waals surface area contributed by atoms with Crippen LogP contribution in [0.4, 0.5) is 4.39 Å². The molecule has 3 rings (SSSR count). The summed E-state index contributed by atoms with van der Waals surface area (Å²) in [6, 6.07) is 6.96. The van der Waals surface area contributed by atoms with E-state index in [-0.39, 0.29) is 17.0 Å². The number of aliphatic hydroxyl groups is 2. The first kappa shape index (κ1) is 16.6. The van der Waals surface area contributed by atoms with Gasteiger partial charge in [0.2, 0.25) is 5.76 Å². The minimum absolute atomic E-state index is 0.0389. The van der Waals surface area contributed by atoms with Gasteiger partial charge in [-0.25, -0.2) is 4.39 Å². The number of hydrogen-bond donors (Lipinski definition) is 2. The maximum atomic E-state index is 13.8. The van der Waals surface area contributed by atoms with Crippen LogP contribution in [0, 0.1) is 5.82 Å². The summed E-state index contributed by atoms with van der Waals surface area (Å²) in [5.74, 6) is -0.963. The summed E-state index contributed by atoms with van der Waals surface area (Å²) >= 11 is 0. The molecule has 1 saturated carbocycles. The third kappa shape index (κ3) is 3.05. The monoisotopic (exact) mass is 334 g/mol. The number of nitrogens with zero attached hydrogens (tertiary/aromatic N) is 2. The smallest absolute Gasteiger partial charge is 0.292 e. The van der Waals surface area contributed by atoms with Gasteiger partial charge in [0.15, 0.2) is 0 Å². The predicted molar refractivity (Wildman–Crippen MR) is 83.6 cm³/mol. The number of carbonyl (C=O) groups is 1. The summed E-state index contributed by atoms with van der Waals surface area (Å²) in [5, 5.41) is 23.6. The second-order valence-corrected chi connectivity index (χ2v) is 6.03. The number of rotatable bonds is 3. The van der Waals surface area contributed by atoms with Gasteiger partial charge in [0.05, 0.1) is 12.1 Å². The molecule has 0 radical (unpaired) electrons. The lowest BCUT2D eigenvalue weighted by atomic mass is 9.89. The molecular weight excluding hydrogens is 315 g/mol. The van der Waals surface area contributed by atoms with Crippen molar-refractivity contribution in [1.82, 2.24) is 10.1 Å². The number of halogens is 1. The Morgan fingerprint density at radius 1 is 1.33 bits per heavy atom. The highest BCUT2D eigenvalue weighted by Gasteiger charge is 2.36. The van der Waals surface area contributed by atoms with Crippen LogP contribution in [0.15, 0.2) is 34.9 Å². The molecule has 1 fully saturated rings. The van der Waals surface area contributed by atoms with Crippen molar-refractivity contribution in [3.05, 3.63) is 41.9 Å². The fraction of sp³-hybridized carbons (Fsp3) is 0.412. The van der Waals surface area contributed by atoms with Gasteiger partial charge in [0.25, 0.3) is 5.91 Å². The first-order valence-electron chi connectivity index (χ1n) is 7.84. The summed E-state index contributed by atoms with van der Waals surface area (Å²) in [6.07, 6.45) is -0.0182. The van der Waals surface area contributed by atoms with Gasteiger partial charge in [-0.3, -0.25) is 4.79 Å². The lowest BCUT2D eigenvalue weighted by Gasteiger charge is -2.37. The van der Waals surface area contributed by atoms with Gasteiger partial charge in [-0.2, -0.15) is 0 Å². The van der Waals surface area contributed by atoms with E-state index in [0.29, 0.717) is 12.8 Å². The molecule has 2 aromatic rings. The lowest BCUT2D eigenvalue weighted by molar-refractivity contribution is -0.0531. The van der Waals surface area contributed by atoms with Crippen molar-refractivity contribution < 1.29 is 23.9 Å². The van der Waals surface area contributed by atoms with E-state index in [1.165, 1.54) is 17.0 Å².